The summed E-state index contributed by atoms with van der Waals surface area (Å²) in [6, 6.07) is 5.64. The third kappa shape index (κ3) is 4.76. The highest BCUT2D eigenvalue weighted by atomic mass is 16.6. The van der Waals surface area contributed by atoms with Gasteiger partial charge in [0.05, 0.1) is 11.5 Å². The zero-order chi connectivity index (χ0) is 18.4. The standard InChI is InChI=1S/C17H24N4O4/c1-3-19(4-2)16(22)13-18-9-11-20(12-10-18)17(23)14-5-7-15(8-6-14)21(24)25/h5-8H,3-4,9-13H2,1-2H3. The van der Waals surface area contributed by atoms with E-state index in [1.807, 2.05) is 13.8 Å². The van der Waals surface area contributed by atoms with Crippen molar-refractivity contribution < 1.29 is 14.5 Å². The summed E-state index contributed by atoms with van der Waals surface area (Å²) >= 11 is 0. The molecule has 1 aromatic carbocycles. The van der Waals surface area contributed by atoms with Crippen molar-refractivity contribution in [3.05, 3.63) is 39.9 Å². The van der Waals surface area contributed by atoms with Crippen LogP contribution in [0.2, 0.25) is 0 Å². The van der Waals surface area contributed by atoms with Gasteiger partial charge in [0.25, 0.3) is 11.6 Å². The predicted molar refractivity (Wildman–Crippen MR) is 93.4 cm³/mol. The minimum absolute atomic E-state index is 0.0312. The lowest BCUT2D eigenvalue weighted by atomic mass is 10.1. The Morgan fingerprint density at radius 2 is 1.64 bits per heavy atom. The van der Waals surface area contributed by atoms with Gasteiger partial charge < -0.3 is 9.80 Å². The Bertz CT molecular complexity index is 620. The monoisotopic (exact) mass is 348 g/mol. The maximum Gasteiger partial charge on any atom is 0.269 e. The van der Waals surface area contributed by atoms with Gasteiger partial charge >= 0.3 is 0 Å². The molecule has 8 heteroatoms. The zero-order valence-corrected chi connectivity index (χ0v) is 14.7. The molecule has 2 rings (SSSR count). The van der Waals surface area contributed by atoms with E-state index in [1.165, 1.54) is 24.3 Å². The Kier molecular flexibility index (Phi) is 6.46. The Hall–Kier alpha value is -2.48. The molecule has 8 nitrogen and oxygen atoms in total. The Balaban J connectivity index is 1.87. The SMILES string of the molecule is CCN(CC)C(=O)CN1CCN(C(=O)c2ccc([N+](=O)[O-])cc2)CC1. The first kappa shape index (κ1) is 18.9. The smallest absolute Gasteiger partial charge is 0.269 e. The number of rotatable bonds is 6. The number of likely N-dealkylation sites (N-methyl/N-ethyl adjacent to an activating group) is 1. The van der Waals surface area contributed by atoms with Crippen LogP contribution < -0.4 is 0 Å². The summed E-state index contributed by atoms with van der Waals surface area (Å²) in [5, 5.41) is 10.7. The number of nitrogens with zero attached hydrogens (tertiary/aromatic N) is 4. The van der Waals surface area contributed by atoms with Gasteiger partial charge in [-0.1, -0.05) is 0 Å². The third-order valence-corrected chi connectivity index (χ3v) is 4.46. The number of nitro groups is 1. The van der Waals surface area contributed by atoms with Crippen LogP contribution >= 0.6 is 0 Å². The van der Waals surface area contributed by atoms with E-state index in [0.717, 1.165) is 0 Å². The average molecular weight is 348 g/mol. The van der Waals surface area contributed by atoms with E-state index in [-0.39, 0.29) is 17.5 Å². The van der Waals surface area contributed by atoms with Gasteiger partial charge in [0.2, 0.25) is 5.91 Å². The molecule has 1 heterocycles. The molecule has 1 aliphatic heterocycles. The van der Waals surface area contributed by atoms with Crippen LogP contribution in [0.1, 0.15) is 24.2 Å². The molecule has 0 aliphatic carbocycles. The second-order valence-corrected chi connectivity index (χ2v) is 5.94. The number of carbonyl (C=O) groups excluding carboxylic acids is 2. The molecule has 0 spiro atoms. The van der Waals surface area contributed by atoms with Crippen molar-refractivity contribution in [1.29, 1.82) is 0 Å². The second-order valence-electron chi connectivity index (χ2n) is 5.94. The van der Waals surface area contributed by atoms with Crippen LogP contribution in [0, 0.1) is 10.1 Å². The molecule has 0 atom stereocenters. The highest BCUT2D eigenvalue weighted by Crippen LogP contribution is 2.14. The Morgan fingerprint density at radius 3 is 2.12 bits per heavy atom. The first-order valence-electron chi connectivity index (χ1n) is 8.50. The Morgan fingerprint density at radius 1 is 1.08 bits per heavy atom. The number of amides is 2. The summed E-state index contributed by atoms with van der Waals surface area (Å²) < 4.78 is 0. The van der Waals surface area contributed by atoms with Crippen LogP contribution in [-0.4, -0.2) is 77.3 Å². The van der Waals surface area contributed by atoms with Crippen molar-refractivity contribution in [2.75, 3.05) is 45.8 Å². The van der Waals surface area contributed by atoms with E-state index in [4.69, 9.17) is 0 Å². The van der Waals surface area contributed by atoms with Gasteiger partial charge in [-0.15, -0.1) is 0 Å². The van der Waals surface area contributed by atoms with Crippen molar-refractivity contribution >= 4 is 17.5 Å². The van der Waals surface area contributed by atoms with Crippen molar-refractivity contribution in [2.24, 2.45) is 0 Å². The van der Waals surface area contributed by atoms with Crippen LogP contribution in [0.3, 0.4) is 0 Å². The number of nitro benzene ring substituents is 1. The molecule has 0 aromatic heterocycles. The van der Waals surface area contributed by atoms with Crippen LogP contribution in [0.4, 0.5) is 5.69 Å². The normalized spacial score (nSPS) is 15.0. The van der Waals surface area contributed by atoms with Crippen LogP contribution in [0.25, 0.3) is 0 Å². The minimum Gasteiger partial charge on any atom is -0.342 e. The van der Waals surface area contributed by atoms with Gasteiger partial charge in [0.15, 0.2) is 0 Å². The van der Waals surface area contributed by atoms with Gasteiger partial charge in [0.1, 0.15) is 0 Å². The number of benzene rings is 1. The molecule has 1 aliphatic rings. The van der Waals surface area contributed by atoms with Crippen LogP contribution in [-0.2, 0) is 4.79 Å². The summed E-state index contributed by atoms with van der Waals surface area (Å²) in [5.74, 6) is -0.0234. The lowest BCUT2D eigenvalue weighted by Gasteiger charge is -2.35. The largest absolute Gasteiger partial charge is 0.342 e. The van der Waals surface area contributed by atoms with Crippen molar-refractivity contribution in [3.63, 3.8) is 0 Å². The summed E-state index contributed by atoms with van der Waals surface area (Å²) in [5.41, 5.74) is 0.412. The van der Waals surface area contributed by atoms with Crippen molar-refractivity contribution in [2.45, 2.75) is 13.8 Å². The lowest BCUT2D eigenvalue weighted by molar-refractivity contribution is -0.384. The van der Waals surface area contributed by atoms with E-state index in [0.29, 0.717) is 51.4 Å². The summed E-state index contributed by atoms with van der Waals surface area (Å²) in [6.45, 7) is 8.08. The number of non-ortho nitro benzene ring substituents is 1. The van der Waals surface area contributed by atoms with Crippen molar-refractivity contribution in [3.8, 4) is 0 Å². The Labute approximate surface area is 147 Å². The summed E-state index contributed by atoms with van der Waals surface area (Å²) in [6.07, 6.45) is 0. The van der Waals surface area contributed by atoms with Crippen molar-refractivity contribution in [1.82, 2.24) is 14.7 Å². The van der Waals surface area contributed by atoms with E-state index in [1.54, 1.807) is 9.80 Å². The van der Waals surface area contributed by atoms with Crippen LogP contribution in [0.15, 0.2) is 24.3 Å². The number of hydrogen-bond acceptors (Lipinski definition) is 5. The molecule has 0 bridgehead atoms. The third-order valence-electron chi connectivity index (χ3n) is 4.46. The average Bonchev–Trinajstić information content (AvgIpc) is 2.63. The molecular formula is C17H24N4O4. The van der Waals surface area contributed by atoms with Gasteiger partial charge in [-0.25, -0.2) is 0 Å². The van der Waals surface area contributed by atoms with E-state index in [9.17, 15) is 19.7 Å². The first-order chi connectivity index (χ1) is 12.0. The fourth-order valence-corrected chi connectivity index (χ4v) is 2.88. The van der Waals surface area contributed by atoms with Gasteiger partial charge in [0, 0.05) is 57.0 Å². The van der Waals surface area contributed by atoms with Gasteiger partial charge in [-0.3, -0.25) is 24.6 Å². The number of hydrogen-bond donors (Lipinski definition) is 0. The fourth-order valence-electron chi connectivity index (χ4n) is 2.88. The topological polar surface area (TPSA) is 87.0 Å². The molecule has 1 fully saturated rings. The maximum atomic E-state index is 12.5. The molecule has 1 saturated heterocycles. The highest BCUT2D eigenvalue weighted by Gasteiger charge is 2.24. The second kappa shape index (κ2) is 8.57. The molecule has 136 valence electrons. The molecule has 0 N–H and O–H groups in total. The fraction of sp³-hybridized carbons (Fsp3) is 0.529. The summed E-state index contributed by atoms with van der Waals surface area (Å²) in [7, 11) is 0. The molecule has 2 amide bonds. The molecule has 1 aromatic rings. The van der Waals surface area contributed by atoms with E-state index >= 15 is 0 Å². The molecule has 0 unspecified atom stereocenters. The first-order valence-corrected chi connectivity index (χ1v) is 8.50. The van der Waals surface area contributed by atoms with E-state index < -0.39 is 4.92 Å². The molecule has 0 saturated carbocycles. The van der Waals surface area contributed by atoms with E-state index in [2.05, 4.69) is 4.90 Å². The van der Waals surface area contributed by atoms with Gasteiger partial charge in [-0.2, -0.15) is 0 Å². The van der Waals surface area contributed by atoms with Crippen LogP contribution in [0.5, 0.6) is 0 Å². The lowest BCUT2D eigenvalue weighted by Crippen LogP contribution is -2.51. The quantitative estimate of drug-likeness (QED) is 0.570. The highest BCUT2D eigenvalue weighted by molar-refractivity contribution is 5.94. The minimum atomic E-state index is -0.486. The molecular weight excluding hydrogens is 324 g/mol. The number of piperazine rings is 1. The molecule has 25 heavy (non-hydrogen) atoms. The maximum absolute atomic E-state index is 12.5. The zero-order valence-electron chi connectivity index (χ0n) is 14.7. The predicted octanol–water partition coefficient (Wildman–Crippen LogP) is 1.22. The molecule has 0 radical (unpaired) electrons. The van der Waals surface area contributed by atoms with Gasteiger partial charge in [-0.05, 0) is 26.0 Å². The number of carbonyl (C=O) groups is 2. The summed E-state index contributed by atoms with van der Waals surface area (Å²) in [4.78, 5) is 40.4.